The van der Waals surface area contributed by atoms with Gasteiger partial charge in [-0.1, -0.05) is 23.4 Å². The lowest BCUT2D eigenvalue weighted by atomic mass is 10.1. The molecule has 0 radical (unpaired) electrons. The molecule has 0 unspecified atom stereocenters. The Hall–Kier alpha value is -2.18. The van der Waals surface area contributed by atoms with Gasteiger partial charge < -0.3 is 14.3 Å². The van der Waals surface area contributed by atoms with Gasteiger partial charge in [0.05, 0.1) is 13.1 Å². The van der Waals surface area contributed by atoms with Crippen LogP contribution in [0.1, 0.15) is 30.3 Å². The summed E-state index contributed by atoms with van der Waals surface area (Å²) in [5.41, 5.74) is 0.951. The second-order valence-corrected chi connectivity index (χ2v) is 6.44. The number of para-hydroxylation sites is 1. The van der Waals surface area contributed by atoms with Crippen molar-refractivity contribution in [3.05, 3.63) is 47.8 Å². The van der Waals surface area contributed by atoms with Crippen LogP contribution < -0.4 is 5.32 Å². The fraction of sp³-hybridized carbons (Fsp3) is 0.444. The van der Waals surface area contributed by atoms with Crippen molar-refractivity contribution in [2.24, 2.45) is 0 Å². The van der Waals surface area contributed by atoms with Crippen molar-refractivity contribution in [1.29, 1.82) is 0 Å². The van der Waals surface area contributed by atoms with E-state index >= 15 is 0 Å². The van der Waals surface area contributed by atoms with E-state index in [9.17, 15) is 0 Å². The van der Waals surface area contributed by atoms with E-state index in [0.717, 1.165) is 48.7 Å². The zero-order chi connectivity index (χ0) is 16.4. The monoisotopic (exact) mass is 326 g/mol. The van der Waals surface area contributed by atoms with Gasteiger partial charge in [-0.3, -0.25) is 4.90 Å². The van der Waals surface area contributed by atoms with E-state index in [1.54, 1.807) is 0 Å². The van der Waals surface area contributed by atoms with E-state index in [2.05, 4.69) is 32.5 Å². The van der Waals surface area contributed by atoms with Crippen LogP contribution in [0.5, 0.6) is 0 Å². The van der Waals surface area contributed by atoms with Crippen molar-refractivity contribution in [2.45, 2.75) is 38.9 Å². The molecule has 0 aliphatic carbocycles. The molecule has 1 aromatic carbocycles. The van der Waals surface area contributed by atoms with Gasteiger partial charge in [0.15, 0.2) is 5.82 Å². The first-order chi connectivity index (χ1) is 11.8. The van der Waals surface area contributed by atoms with E-state index in [4.69, 9.17) is 8.94 Å². The smallest absolute Gasteiger partial charge is 0.223 e. The third-order valence-electron chi connectivity index (χ3n) is 4.48. The van der Waals surface area contributed by atoms with Crippen LogP contribution >= 0.6 is 0 Å². The Kier molecular flexibility index (Phi) is 4.32. The molecule has 1 atom stereocenters. The van der Waals surface area contributed by atoms with Gasteiger partial charge in [-0.15, -0.1) is 0 Å². The van der Waals surface area contributed by atoms with Crippen molar-refractivity contribution in [2.75, 3.05) is 13.1 Å². The summed E-state index contributed by atoms with van der Waals surface area (Å²) in [5.74, 6) is 2.38. The SMILES string of the molecule is Cc1nc(CN2CCC[C@@H](NCc3cc4ccccc4o3)C2)no1. The maximum absolute atomic E-state index is 5.88. The molecule has 0 bridgehead atoms. The molecule has 3 aromatic rings. The molecule has 3 heterocycles. The molecule has 24 heavy (non-hydrogen) atoms. The number of nitrogens with zero attached hydrogens (tertiary/aromatic N) is 3. The fourth-order valence-corrected chi connectivity index (χ4v) is 3.34. The number of aromatic nitrogens is 2. The molecule has 0 spiro atoms. The summed E-state index contributed by atoms with van der Waals surface area (Å²) in [4.78, 5) is 6.67. The lowest BCUT2D eigenvalue weighted by Crippen LogP contribution is -2.45. The minimum Gasteiger partial charge on any atom is -0.460 e. The zero-order valence-electron chi connectivity index (χ0n) is 13.9. The Balaban J connectivity index is 1.32. The third-order valence-corrected chi connectivity index (χ3v) is 4.48. The number of hydrogen-bond donors (Lipinski definition) is 1. The number of fused-ring (bicyclic) bond motifs is 1. The number of hydrogen-bond acceptors (Lipinski definition) is 6. The van der Waals surface area contributed by atoms with Gasteiger partial charge in [-0.05, 0) is 31.5 Å². The maximum Gasteiger partial charge on any atom is 0.223 e. The lowest BCUT2D eigenvalue weighted by Gasteiger charge is -2.32. The van der Waals surface area contributed by atoms with Crippen LogP contribution in [-0.4, -0.2) is 34.2 Å². The predicted octanol–water partition coefficient (Wildman–Crippen LogP) is 2.88. The first-order valence-corrected chi connectivity index (χ1v) is 8.48. The summed E-state index contributed by atoms with van der Waals surface area (Å²) in [6.45, 7) is 5.41. The second-order valence-electron chi connectivity index (χ2n) is 6.44. The number of piperidine rings is 1. The van der Waals surface area contributed by atoms with Crippen molar-refractivity contribution < 1.29 is 8.94 Å². The van der Waals surface area contributed by atoms with Gasteiger partial charge in [-0.25, -0.2) is 0 Å². The summed E-state index contributed by atoms with van der Waals surface area (Å²) < 4.78 is 10.9. The van der Waals surface area contributed by atoms with Crippen LogP contribution in [0.15, 0.2) is 39.3 Å². The highest BCUT2D eigenvalue weighted by Crippen LogP contribution is 2.19. The van der Waals surface area contributed by atoms with Crippen LogP contribution in [0, 0.1) is 6.92 Å². The Morgan fingerprint density at radius 1 is 1.33 bits per heavy atom. The van der Waals surface area contributed by atoms with E-state index in [1.807, 2.05) is 25.1 Å². The molecule has 1 fully saturated rings. The van der Waals surface area contributed by atoms with Gasteiger partial charge in [-0.2, -0.15) is 4.98 Å². The maximum atomic E-state index is 5.88. The number of likely N-dealkylation sites (tertiary alicyclic amines) is 1. The van der Waals surface area contributed by atoms with Crippen molar-refractivity contribution in [3.63, 3.8) is 0 Å². The number of aryl methyl sites for hydroxylation is 1. The molecule has 1 N–H and O–H groups in total. The van der Waals surface area contributed by atoms with E-state index in [1.165, 1.54) is 12.8 Å². The largest absolute Gasteiger partial charge is 0.460 e. The number of benzene rings is 1. The Morgan fingerprint density at radius 2 is 2.25 bits per heavy atom. The first kappa shape index (κ1) is 15.4. The molecular formula is C18H22N4O2. The summed E-state index contributed by atoms with van der Waals surface area (Å²) in [6.07, 6.45) is 2.36. The van der Waals surface area contributed by atoms with Gasteiger partial charge in [0, 0.05) is 24.9 Å². The molecule has 4 rings (SSSR count). The summed E-state index contributed by atoms with van der Waals surface area (Å²) in [5, 5.41) is 8.77. The normalized spacial score (nSPS) is 19.1. The second kappa shape index (κ2) is 6.75. The number of furan rings is 1. The molecule has 1 aliphatic heterocycles. The zero-order valence-corrected chi connectivity index (χ0v) is 13.9. The van der Waals surface area contributed by atoms with Gasteiger partial charge in [0.2, 0.25) is 5.89 Å². The lowest BCUT2D eigenvalue weighted by molar-refractivity contribution is 0.176. The highest BCUT2D eigenvalue weighted by molar-refractivity contribution is 5.77. The van der Waals surface area contributed by atoms with Crippen LogP contribution in [0.4, 0.5) is 0 Å². The van der Waals surface area contributed by atoms with Crippen LogP contribution in [0.3, 0.4) is 0 Å². The topological polar surface area (TPSA) is 67.3 Å². The third kappa shape index (κ3) is 3.49. The van der Waals surface area contributed by atoms with Crippen molar-refractivity contribution in [3.8, 4) is 0 Å². The van der Waals surface area contributed by atoms with E-state index in [-0.39, 0.29) is 0 Å². The minimum absolute atomic E-state index is 0.458. The average Bonchev–Trinajstić information content (AvgIpc) is 3.19. The van der Waals surface area contributed by atoms with E-state index < -0.39 is 0 Å². The van der Waals surface area contributed by atoms with Crippen molar-refractivity contribution >= 4 is 11.0 Å². The van der Waals surface area contributed by atoms with E-state index in [0.29, 0.717) is 11.9 Å². The quantitative estimate of drug-likeness (QED) is 0.777. The molecule has 6 heteroatoms. The molecule has 2 aromatic heterocycles. The minimum atomic E-state index is 0.458. The highest BCUT2D eigenvalue weighted by atomic mass is 16.5. The molecule has 6 nitrogen and oxygen atoms in total. The molecule has 126 valence electrons. The summed E-state index contributed by atoms with van der Waals surface area (Å²) >= 11 is 0. The Bertz CT molecular complexity index is 777. The average molecular weight is 326 g/mol. The fourth-order valence-electron chi connectivity index (χ4n) is 3.34. The van der Waals surface area contributed by atoms with Crippen LogP contribution in [0.2, 0.25) is 0 Å². The summed E-state index contributed by atoms with van der Waals surface area (Å²) in [6, 6.07) is 10.7. The highest BCUT2D eigenvalue weighted by Gasteiger charge is 2.21. The Morgan fingerprint density at radius 3 is 3.08 bits per heavy atom. The van der Waals surface area contributed by atoms with Gasteiger partial charge >= 0.3 is 0 Å². The van der Waals surface area contributed by atoms with Crippen LogP contribution in [-0.2, 0) is 13.1 Å². The van der Waals surface area contributed by atoms with Gasteiger partial charge in [0.25, 0.3) is 0 Å². The molecule has 1 saturated heterocycles. The Labute approximate surface area is 140 Å². The molecule has 1 aliphatic rings. The van der Waals surface area contributed by atoms with Crippen LogP contribution in [0.25, 0.3) is 11.0 Å². The number of nitrogens with one attached hydrogen (secondary N) is 1. The predicted molar refractivity (Wildman–Crippen MR) is 90.4 cm³/mol. The summed E-state index contributed by atoms with van der Waals surface area (Å²) in [7, 11) is 0. The standard InChI is InChI=1S/C18H22N4O2/c1-13-20-18(21-24-13)12-22-8-4-6-15(11-22)19-10-16-9-14-5-2-3-7-17(14)23-16/h2-3,5,7,9,15,19H,4,6,8,10-12H2,1H3/t15-/m1/s1. The first-order valence-electron chi connectivity index (χ1n) is 8.48. The molecule has 0 amide bonds. The molecular weight excluding hydrogens is 304 g/mol. The van der Waals surface area contributed by atoms with Gasteiger partial charge in [0.1, 0.15) is 11.3 Å². The number of rotatable bonds is 5. The van der Waals surface area contributed by atoms with Crippen molar-refractivity contribution in [1.82, 2.24) is 20.4 Å². The molecule has 0 saturated carbocycles.